The summed E-state index contributed by atoms with van der Waals surface area (Å²) in [7, 11) is 0. The second-order valence-corrected chi connectivity index (χ2v) is 6.47. The number of aryl methyl sites for hydroxylation is 2. The number of benzene rings is 2. The first kappa shape index (κ1) is 18.3. The van der Waals surface area contributed by atoms with E-state index in [4.69, 9.17) is 16.3 Å². The second kappa shape index (κ2) is 8.17. The van der Waals surface area contributed by atoms with Crippen LogP contribution in [0.3, 0.4) is 0 Å². The van der Waals surface area contributed by atoms with E-state index in [9.17, 15) is 9.59 Å². The van der Waals surface area contributed by atoms with Crippen molar-refractivity contribution in [3.05, 3.63) is 62.6 Å². The molecule has 0 aliphatic heterocycles. The molecule has 0 bridgehead atoms. The van der Waals surface area contributed by atoms with Gasteiger partial charge in [0.1, 0.15) is 5.75 Å². The Morgan fingerprint density at radius 1 is 1.12 bits per heavy atom. The quantitative estimate of drug-likeness (QED) is 0.756. The van der Waals surface area contributed by atoms with Gasteiger partial charge in [0, 0.05) is 10.6 Å². The van der Waals surface area contributed by atoms with Crippen molar-refractivity contribution in [2.45, 2.75) is 13.8 Å². The Morgan fingerprint density at radius 2 is 1.88 bits per heavy atom. The van der Waals surface area contributed by atoms with Gasteiger partial charge in [-0.2, -0.15) is 0 Å². The lowest BCUT2D eigenvalue weighted by Crippen LogP contribution is -2.44. The monoisotopic (exact) mass is 410 g/mol. The van der Waals surface area contributed by atoms with Crippen LogP contribution in [0.25, 0.3) is 0 Å². The van der Waals surface area contributed by atoms with Gasteiger partial charge in [0.15, 0.2) is 6.61 Å². The molecule has 5 nitrogen and oxygen atoms in total. The van der Waals surface area contributed by atoms with E-state index < -0.39 is 5.91 Å². The van der Waals surface area contributed by atoms with Crippen molar-refractivity contribution in [3.8, 4) is 5.75 Å². The summed E-state index contributed by atoms with van der Waals surface area (Å²) in [6.45, 7) is 3.54. The largest absolute Gasteiger partial charge is 0.483 e. The Balaban J connectivity index is 1.85. The van der Waals surface area contributed by atoms with Crippen molar-refractivity contribution in [1.82, 2.24) is 10.9 Å². The Labute approximate surface area is 153 Å². The van der Waals surface area contributed by atoms with E-state index in [2.05, 4.69) is 26.8 Å². The molecule has 2 aromatic carbocycles. The molecule has 2 N–H and O–H groups in total. The summed E-state index contributed by atoms with van der Waals surface area (Å²) in [5.41, 5.74) is 7.09. The van der Waals surface area contributed by atoms with E-state index in [-0.39, 0.29) is 12.5 Å². The third kappa shape index (κ3) is 4.97. The molecule has 126 valence electrons. The Bertz CT molecular complexity index is 780. The molecular formula is C17H16BrClN2O3. The number of halogens is 2. The van der Waals surface area contributed by atoms with E-state index in [1.807, 2.05) is 26.0 Å². The highest BCUT2D eigenvalue weighted by atomic mass is 79.9. The van der Waals surface area contributed by atoms with Gasteiger partial charge in [0.25, 0.3) is 11.8 Å². The van der Waals surface area contributed by atoms with Crippen molar-refractivity contribution in [3.63, 3.8) is 0 Å². The summed E-state index contributed by atoms with van der Waals surface area (Å²) in [5.74, 6) is -0.376. The lowest BCUT2D eigenvalue weighted by atomic mass is 10.1. The molecule has 0 unspecified atom stereocenters. The highest BCUT2D eigenvalue weighted by molar-refractivity contribution is 9.10. The summed E-state index contributed by atoms with van der Waals surface area (Å²) in [5, 5.41) is 0.555. The number of hydrazine groups is 1. The number of ether oxygens (including phenoxy) is 1. The Hall–Kier alpha value is -2.05. The first-order valence-corrected chi connectivity index (χ1v) is 8.28. The van der Waals surface area contributed by atoms with E-state index in [0.717, 1.165) is 11.1 Å². The van der Waals surface area contributed by atoms with Crippen LogP contribution in [0, 0.1) is 13.8 Å². The van der Waals surface area contributed by atoms with Gasteiger partial charge in [-0.1, -0.05) is 29.3 Å². The SMILES string of the molecule is Cc1ccc(C(=O)NNC(=O)COc2ccc(Cl)cc2Br)c(C)c1. The normalized spacial score (nSPS) is 10.2. The topological polar surface area (TPSA) is 67.4 Å². The van der Waals surface area contributed by atoms with Gasteiger partial charge in [-0.05, 0) is 59.6 Å². The van der Waals surface area contributed by atoms with Gasteiger partial charge < -0.3 is 4.74 Å². The molecule has 0 aliphatic carbocycles. The maximum Gasteiger partial charge on any atom is 0.276 e. The van der Waals surface area contributed by atoms with Gasteiger partial charge in [0.2, 0.25) is 0 Å². The summed E-state index contributed by atoms with van der Waals surface area (Å²) in [6, 6.07) is 10.4. The van der Waals surface area contributed by atoms with Gasteiger partial charge in [-0.15, -0.1) is 0 Å². The van der Waals surface area contributed by atoms with Crippen LogP contribution in [0.2, 0.25) is 5.02 Å². The number of amides is 2. The number of nitrogens with one attached hydrogen (secondary N) is 2. The minimum absolute atomic E-state index is 0.243. The Morgan fingerprint density at radius 3 is 2.54 bits per heavy atom. The maximum atomic E-state index is 12.1. The first-order valence-electron chi connectivity index (χ1n) is 7.11. The molecule has 2 rings (SSSR count). The summed E-state index contributed by atoms with van der Waals surface area (Å²) in [4.78, 5) is 23.8. The molecule has 0 aromatic heterocycles. The minimum atomic E-state index is -0.477. The average molecular weight is 412 g/mol. The van der Waals surface area contributed by atoms with Crippen LogP contribution in [0.1, 0.15) is 21.5 Å². The number of hydrogen-bond acceptors (Lipinski definition) is 3. The lowest BCUT2D eigenvalue weighted by molar-refractivity contribution is -0.123. The third-order valence-electron chi connectivity index (χ3n) is 3.19. The molecule has 2 amide bonds. The molecule has 0 saturated heterocycles. The summed E-state index contributed by atoms with van der Waals surface area (Å²) in [6.07, 6.45) is 0. The fourth-order valence-corrected chi connectivity index (χ4v) is 2.83. The van der Waals surface area contributed by atoms with E-state index in [0.29, 0.717) is 20.8 Å². The number of rotatable bonds is 4. The number of carbonyl (C=O) groups is 2. The van der Waals surface area contributed by atoms with Crippen molar-refractivity contribution in [2.75, 3.05) is 6.61 Å². The Kier molecular flexibility index (Phi) is 6.23. The zero-order valence-electron chi connectivity index (χ0n) is 13.2. The summed E-state index contributed by atoms with van der Waals surface area (Å²) >= 11 is 9.13. The molecule has 0 atom stereocenters. The van der Waals surface area contributed by atoms with Crippen molar-refractivity contribution in [1.29, 1.82) is 0 Å². The predicted molar refractivity (Wildman–Crippen MR) is 96.2 cm³/mol. The number of hydrogen-bond donors (Lipinski definition) is 2. The third-order valence-corrected chi connectivity index (χ3v) is 4.05. The highest BCUT2D eigenvalue weighted by Crippen LogP contribution is 2.27. The molecular weight excluding hydrogens is 396 g/mol. The van der Waals surface area contributed by atoms with Crippen LogP contribution < -0.4 is 15.6 Å². The molecule has 24 heavy (non-hydrogen) atoms. The number of carbonyl (C=O) groups excluding carboxylic acids is 2. The van der Waals surface area contributed by atoms with Crippen molar-refractivity contribution < 1.29 is 14.3 Å². The van der Waals surface area contributed by atoms with E-state index in [1.54, 1.807) is 24.3 Å². The van der Waals surface area contributed by atoms with E-state index >= 15 is 0 Å². The van der Waals surface area contributed by atoms with Crippen LogP contribution in [-0.4, -0.2) is 18.4 Å². The standard InChI is InChI=1S/C17H16BrClN2O3/c1-10-3-5-13(11(2)7-10)17(23)21-20-16(22)9-24-15-6-4-12(19)8-14(15)18/h3-8H,9H2,1-2H3,(H,20,22)(H,21,23). The van der Waals surface area contributed by atoms with E-state index in [1.165, 1.54) is 0 Å². The molecule has 0 heterocycles. The van der Waals surface area contributed by atoms with Crippen LogP contribution in [-0.2, 0) is 4.79 Å². The van der Waals surface area contributed by atoms with Crippen molar-refractivity contribution in [2.24, 2.45) is 0 Å². The van der Waals surface area contributed by atoms with Gasteiger partial charge >= 0.3 is 0 Å². The molecule has 2 aromatic rings. The van der Waals surface area contributed by atoms with Crippen LogP contribution >= 0.6 is 27.5 Å². The molecule has 0 spiro atoms. The van der Waals surface area contributed by atoms with Crippen LogP contribution in [0.15, 0.2) is 40.9 Å². The fourth-order valence-electron chi connectivity index (χ4n) is 2.03. The molecule has 0 radical (unpaired) electrons. The summed E-state index contributed by atoms with van der Waals surface area (Å²) < 4.78 is 6.00. The zero-order valence-corrected chi connectivity index (χ0v) is 15.5. The lowest BCUT2D eigenvalue weighted by Gasteiger charge is -2.11. The predicted octanol–water partition coefficient (Wildman–Crippen LogP) is 3.56. The van der Waals surface area contributed by atoms with Crippen LogP contribution in [0.5, 0.6) is 5.75 Å². The highest BCUT2D eigenvalue weighted by Gasteiger charge is 2.11. The fraction of sp³-hybridized carbons (Fsp3) is 0.176. The smallest absolute Gasteiger partial charge is 0.276 e. The average Bonchev–Trinajstić information content (AvgIpc) is 2.51. The molecule has 0 saturated carbocycles. The van der Waals surface area contributed by atoms with Gasteiger partial charge in [-0.3, -0.25) is 20.4 Å². The van der Waals surface area contributed by atoms with Gasteiger partial charge in [0.05, 0.1) is 4.47 Å². The molecule has 0 fully saturated rings. The van der Waals surface area contributed by atoms with Gasteiger partial charge in [-0.25, -0.2) is 0 Å². The minimum Gasteiger partial charge on any atom is -0.483 e. The zero-order chi connectivity index (χ0) is 17.7. The molecule has 0 aliphatic rings. The second-order valence-electron chi connectivity index (χ2n) is 5.18. The van der Waals surface area contributed by atoms with Crippen molar-refractivity contribution >= 4 is 39.3 Å². The van der Waals surface area contributed by atoms with Crippen LogP contribution in [0.4, 0.5) is 0 Å². The molecule has 7 heteroatoms. The first-order chi connectivity index (χ1) is 11.4. The maximum absolute atomic E-state index is 12.1.